The molecule has 0 nitrogen and oxygen atoms in total. The summed E-state index contributed by atoms with van der Waals surface area (Å²) >= 11 is 6.85. The molecule has 2 heteroatoms. The highest BCUT2D eigenvalue weighted by atomic mass is 79.9. The summed E-state index contributed by atoms with van der Waals surface area (Å²) in [6.45, 7) is 3.70. The Morgan fingerprint density at radius 1 is 1.27 bits per heavy atom. The molecule has 0 aliphatic heterocycles. The van der Waals surface area contributed by atoms with Gasteiger partial charge in [-0.1, -0.05) is 50.1 Å². The molecular formula is C9H8Br2. The number of halogens is 2. The molecule has 0 aliphatic carbocycles. The smallest absolute Gasteiger partial charge is 0.0572 e. The highest BCUT2D eigenvalue weighted by molar-refractivity contribution is 9.10. The van der Waals surface area contributed by atoms with Crippen LogP contribution in [0.1, 0.15) is 10.4 Å². The maximum atomic E-state index is 3.70. The topological polar surface area (TPSA) is 0 Å². The van der Waals surface area contributed by atoms with Crippen molar-refractivity contribution in [2.45, 2.75) is 4.83 Å². The van der Waals surface area contributed by atoms with Crippen LogP contribution in [0.5, 0.6) is 0 Å². The third-order valence-corrected chi connectivity index (χ3v) is 2.83. The molecule has 0 amide bonds. The molecule has 0 N–H and O–H groups in total. The van der Waals surface area contributed by atoms with E-state index in [4.69, 9.17) is 0 Å². The van der Waals surface area contributed by atoms with Crippen molar-refractivity contribution in [3.63, 3.8) is 0 Å². The Bertz CT molecular complexity index is 238. The molecule has 1 rings (SSSR count). The van der Waals surface area contributed by atoms with E-state index in [0.29, 0.717) is 0 Å². The average molecular weight is 276 g/mol. The lowest BCUT2D eigenvalue weighted by Gasteiger charge is -2.02. The quantitative estimate of drug-likeness (QED) is 0.564. The Kier molecular flexibility index (Phi) is 3.34. The number of hydrogen-bond acceptors (Lipinski definition) is 0. The number of rotatable bonds is 2. The molecule has 0 aliphatic rings. The third kappa shape index (κ3) is 2.46. The summed E-state index contributed by atoms with van der Waals surface area (Å²) in [5.41, 5.74) is 1.23. The Balaban J connectivity index is 2.89. The average Bonchev–Trinajstić information content (AvgIpc) is 2.05. The molecule has 11 heavy (non-hydrogen) atoms. The van der Waals surface area contributed by atoms with Gasteiger partial charge in [-0.15, -0.1) is 6.58 Å². The third-order valence-electron chi connectivity index (χ3n) is 1.40. The van der Waals surface area contributed by atoms with E-state index in [0.717, 1.165) is 4.47 Å². The molecule has 1 atom stereocenters. The lowest BCUT2D eigenvalue weighted by atomic mass is 10.1. The van der Waals surface area contributed by atoms with Gasteiger partial charge in [0, 0.05) is 4.47 Å². The predicted octanol–water partition coefficient (Wildman–Crippen LogP) is 4.07. The molecule has 0 heterocycles. The van der Waals surface area contributed by atoms with Gasteiger partial charge in [0.05, 0.1) is 4.83 Å². The molecule has 0 aromatic heterocycles. The zero-order valence-electron chi connectivity index (χ0n) is 5.93. The highest BCUT2D eigenvalue weighted by Gasteiger charge is 2.00. The molecule has 0 spiro atoms. The SMILES string of the molecule is C=CC(Br)c1ccc(Br)cc1. The molecular weight excluding hydrogens is 268 g/mol. The van der Waals surface area contributed by atoms with Crippen LogP contribution in [0.4, 0.5) is 0 Å². The van der Waals surface area contributed by atoms with E-state index < -0.39 is 0 Å². The molecule has 0 radical (unpaired) electrons. The fraction of sp³-hybridized carbons (Fsp3) is 0.111. The Morgan fingerprint density at radius 3 is 2.27 bits per heavy atom. The summed E-state index contributed by atoms with van der Waals surface area (Å²) in [4.78, 5) is 0.260. The van der Waals surface area contributed by atoms with Gasteiger partial charge in [0.2, 0.25) is 0 Å². The monoisotopic (exact) mass is 274 g/mol. The number of alkyl halides is 1. The van der Waals surface area contributed by atoms with Gasteiger partial charge >= 0.3 is 0 Å². The maximum absolute atomic E-state index is 3.70. The van der Waals surface area contributed by atoms with Gasteiger partial charge in [-0.05, 0) is 17.7 Å². The van der Waals surface area contributed by atoms with Crippen molar-refractivity contribution in [3.05, 3.63) is 47.0 Å². The lowest BCUT2D eigenvalue weighted by Crippen LogP contribution is -1.82. The summed E-state index contributed by atoms with van der Waals surface area (Å²) in [6.07, 6.45) is 1.86. The predicted molar refractivity (Wildman–Crippen MR) is 56.0 cm³/mol. The minimum Gasteiger partial charge on any atom is -0.102 e. The van der Waals surface area contributed by atoms with Crippen LogP contribution in [0.15, 0.2) is 41.4 Å². The van der Waals surface area contributed by atoms with Crippen molar-refractivity contribution in [3.8, 4) is 0 Å². The molecule has 0 fully saturated rings. The molecule has 0 saturated carbocycles. The van der Waals surface area contributed by atoms with Crippen molar-refractivity contribution >= 4 is 31.9 Å². The summed E-state index contributed by atoms with van der Waals surface area (Å²) in [5, 5.41) is 0. The van der Waals surface area contributed by atoms with Gasteiger partial charge in [0.1, 0.15) is 0 Å². The van der Waals surface area contributed by atoms with E-state index in [2.05, 4.69) is 50.6 Å². The fourth-order valence-electron chi connectivity index (χ4n) is 0.783. The van der Waals surface area contributed by atoms with Gasteiger partial charge in [0.25, 0.3) is 0 Å². The first-order valence-electron chi connectivity index (χ1n) is 3.26. The van der Waals surface area contributed by atoms with Gasteiger partial charge < -0.3 is 0 Å². The van der Waals surface area contributed by atoms with Gasteiger partial charge in [0.15, 0.2) is 0 Å². The number of benzene rings is 1. The summed E-state index contributed by atoms with van der Waals surface area (Å²) < 4.78 is 1.10. The normalized spacial score (nSPS) is 12.5. The second kappa shape index (κ2) is 4.07. The first-order chi connectivity index (χ1) is 5.24. The number of allylic oxidation sites excluding steroid dienone is 1. The largest absolute Gasteiger partial charge is 0.102 e. The Morgan fingerprint density at radius 2 is 1.82 bits per heavy atom. The molecule has 1 aromatic rings. The lowest BCUT2D eigenvalue weighted by molar-refractivity contribution is 1.26. The van der Waals surface area contributed by atoms with Crippen LogP contribution in [0, 0.1) is 0 Å². The Hall–Kier alpha value is -0.0800. The standard InChI is InChI=1S/C9H8Br2/c1-2-9(11)7-3-5-8(10)6-4-7/h2-6,9H,1H2. The molecule has 0 bridgehead atoms. The van der Waals surface area contributed by atoms with Crippen molar-refractivity contribution in [1.29, 1.82) is 0 Å². The fourth-order valence-corrected chi connectivity index (χ4v) is 1.35. The Labute approximate surface area is 83.6 Å². The van der Waals surface area contributed by atoms with Crippen LogP contribution in [-0.2, 0) is 0 Å². The van der Waals surface area contributed by atoms with Crippen LogP contribution in [-0.4, -0.2) is 0 Å². The second-order valence-corrected chi connectivity index (χ2v) is 4.09. The molecule has 58 valence electrons. The van der Waals surface area contributed by atoms with E-state index in [-0.39, 0.29) is 4.83 Å². The van der Waals surface area contributed by atoms with Crippen molar-refractivity contribution in [1.82, 2.24) is 0 Å². The first-order valence-corrected chi connectivity index (χ1v) is 4.97. The van der Waals surface area contributed by atoms with E-state index in [1.165, 1.54) is 5.56 Å². The van der Waals surface area contributed by atoms with Gasteiger partial charge in [-0.3, -0.25) is 0 Å². The molecule has 1 aromatic carbocycles. The minimum absolute atomic E-state index is 0.260. The molecule has 0 saturated heterocycles. The highest BCUT2D eigenvalue weighted by Crippen LogP contribution is 2.24. The van der Waals surface area contributed by atoms with E-state index in [1.54, 1.807) is 0 Å². The minimum atomic E-state index is 0.260. The second-order valence-electron chi connectivity index (χ2n) is 2.19. The van der Waals surface area contributed by atoms with Crippen LogP contribution >= 0.6 is 31.9 Å². The van der Waals surface area contributed by atoms with Gasteiger partial charge in [-0.2, -0.15) is 0 Å². The van der Waals surface area contributed by atoms with E-state index >= 15 is 0 Å². The van der Waals surface area contributed by atoms with Crippen molar-refractivity contribution in [2.75, 3.05) is 0 Å². The summed E-state index contributed by atoms with van der Waals surface area (Å²) in [6, 6.07) is 8.16. The van der Waals surface area contributed by atoms with E-state index in [1.807, 2.05) is 18.2 Å². The van der Waals surface area contributed by atoms with Crippen LogP contribution in [0.3, 0.4) is 0 Å². The zero-order valence-corrected chi connectivity index (χ0v) is 9.10. The van der Waals surface area contributed by atoms with Crippen molar-refractivity contribution < 1.29 is 0 Å². The van der Waals surface area contributed by atoms with Crippen LogP contribution in [0.25, 0.3) is 0 Å². The first kappa shape index (κ1) is 9.01. The van der Waals surface area contributed by atoms with Gasteiger partial charge in [-0.25, -0.2) is 0 Å². The summed E-state index contributed by atoms with van der Waals surface area (Å²) in [5.74, 6) is 0. The number of hydrogen-bond donors (Lipinski definition) is 0. The van der Waals surface area contributed by atoms with Crippen LogP contribution in [0.2, 0.25) is 0 Å². The maximum Gasteiger partial charge on any atom is 0.0572 e. The zero-order chi connectivity index (χ0) is 8.27. The molecule has 1 unspecified atom stereocenters. The van der Waals surface area contributed by atoms with Crippen molar-refractivity contribution in [2.24, 2.45) is 0 Å². The van der Waals surface area contributed by atoms with E-state index in [9.17, 15) is 0 Å². The summed E-state index contributed by atoms with van der Waals surface area (Å²) in [7, 11) is 0. The van der Waals surface area contributed by atoms with Crippen LogP contribution < -0.4 is 0 Å².